The topological polar surface area (TPSA) is 116 Å². The number of benzene rings is 1. The van der Waals surface area contributed by atoms with Crippen LogP contribution in [0.3, 0.4) is 0 Å². The van der Waals surface area contributed by atoms with E-state index in [1.54, 1.807) is 0 Å². The lowest BCUT2D eigenvalue weighted by atomic mass is 9.99. The fourth-order valence-corrected chi connectivity index (χ4v) is 5.71. The summed E-state index contributed by atoms with van der Waals surface area (Å²) in [5.41, 5.74) is 6.08. The number of halogens is 5. The van der Waals surface area contributed by atoms with Crippen molar-refractivity contribution in [1.82, 2.24) is 14.8 Å². The second kappa shape index (κ2) is 10.2. The van der Waals surface area contributed by atoms with E-state index in [1.807, 2.05) is 6.19 Å². The molecule has 2 saturated heterocycles. The zero-order valence-electron chi connectivity index (χ0n) is 21.5. The number of likely N-dealkylation sites (tertiary alicyclic amines) is 2. The molecule has 3 heterocycles. The highest BCUT2D eigenvalue weighted by Gasteiger charge is 2.65. The smallest absolute Gasteiger partial charge is 0.310 e. The minimum atomic E-state index is -10.0. The zero-order chi connectivity index (χ0) is 29.4. The molecule has 0 radical (unpaired) electrons. The van der Waals surface area contributed by atoms with Crippen molar-refractivity contribution in [3.63, 3.8) is 0 Å². The normalized spacial score (nSPS) is 24.0. The number of hydrogen-bond acceptors (Lipinski definition) is 7. The van der Waals surface area contributed by atoms with Crippen LogP contribution in [-0.4, -0.2) is 71.5 Å². The van der Waals surface area contributed by atoms with Gasteiger partial charge in [0.2, 0.25) is 0 Å². The number of nitrogens with two attached hydrogens (primary N) is 1. The maximum atomic E-state index is 14.1. The van der Waals surface area contributed by atoms with Gasteiger partial charge >= 0.3 is 10.2 Å². The lowest BCUT2D eigenvalue weighted by molar-refractivity contribution is -0.136. The van der Waals surface area contributed by atoms with Crippen LogP contribution in [0.1, 0.15) is 30.9 Å². The third-order valence-corrected chi connectivity index (χ3v) is 8.23. The third-order valence-electron chi connectivity index (χ3n) is 7.07. The van der Waals surface area contributed by atoms with Crippen molar-refractivity contribution in [1.29, 1.82) is 5.26 Å². The van der Waals surface area contributed by atoms with Gasteiger partial charge in [-0.2, -0.15) is 5.26 Å². The summed E-state index contributed by atoms with van der Waals surface area (Å²) in [5, 5.41) is 9.68. The van der Waals surface area contributed by atoms with E-state index >= 15 is 0 Å². The zero-order valence-corrected chi connectivity index (χ0v) is 22.3. The molecule has 0 aliphatic carbocycles. The van der Waals surface area contributed by atoms with E-state index in [0.717, 1.165) is 21.9 Å². The molecule has 2 aromatic rings. The Morgan fingerprint density at radius 3 is 2.42 bits per heavy atom. The summed E-state index contributed by atoms with van der Waals surface area (Å²) in [7, 11) is -8.61. The van der Waals surface area contributed by atoms with Crippen molar-refractivity contribution in [2.24, 2.45) is 5.73 Å². The number of carbonyl (C=O) groups is 2. The minimum absolute atomic E-state index is 0.0610. The van der Waals surface area contributed by atoms with Crippen LogP contribution in [-0.2, 0) is 14.3 Å². The van der Waals surface area contributed by atoms with E-state index in [9.17, 15) is 34.3 Å². The van der Waals surface area contributed by atoms with Crippen LogP contribution in [0.2, 0.25) is 0 Å². The number of pyridine rings is 1. The van der Waals surface area contributed by atoms with Gasteiger partial charge in [0.05, 0.1) is 12.6 Å². The highest BCUT2D eigenvalue weighted by Crippen LogP contribution is 3.02. The number of nitriles is 1. The predicted molar refractivity (Wildman–Crippen MR) is 138 cm³/mol. The quantitative estimate of drug-likeness (QED) is 0.378. The molecular weight excluding hydrogens is 559 g/mol. The number of ether oxygens (including phenoxy) is 1. The molecule has 15 heteroatoms. The van der Waals surface area contributed by atoms with Crippen LogP contribution in [0.25, 0.3) is 0 Å². The summed E-state index contributed by atoms with van der Waals surface area (Å²) >= 11 is 0. The number of rotatable bonds is 7. The summed E-state index contributed by atoms with van der Waals surface area (Å²) in [6.07, 6.45) is 5.53. The first kappa shape index (κ1) is 29.5. The molecule has 1 aromatic heterocycles. The van der Waals surface area contributed by atoms with E-state index in [4.69, 9.17) is 10.5 Å². The number of aromatic nitrogens is 1. The summed E-state index contributed by atoms with van der Waals surface area (Å²) in [6.45, 7) is 0.584. The van der Waals surface area contributed by atoms with Gasteiger partial charge in [-0.05, 0) is 43.2 Å². The van der Waals surface area contributed by atoms with Crippen molar-refractivity contribution in [3.05, 3.63) is 54.4 Å². The van der Waals surface area contributed by atoms with Gasteiger partial charge in [-0.3, -0.25) is 24.4 Å². The fraction of sp³-hybridized carbons (Fsp3) is 0.440. The van der Waals surface area contributed by atoms with Crippen molar-refractivity contribution in [2.45, 2.75) is 48.4 Å². The monoisotopic (exact) mass is 588 g/mol. The van der Waals surface area contributed by atoms with Gasteiger partial charge in [-0.25, -0.2) is 0 Å². The van der Waals surface area contributed by atoms with Crippen molar-refractivity contribution in [2.75, 3.05) is 31.6 Å². The van der Waals surface area contributed by atoms with E-state index in [-0.39, 0.29) is 48.9 Å². The van der Waals surface area contributed by atoms with Gasteiger partial charge < -0.3 is 15.4 Å². The number of anilines is 1. The molecular formula is C25H29F5N6O3S. The van der Waals surface area contributed by atoms with Crippen molar-refractivity contribution in [3.8, 4) is 6.19 Å². The second-order valence-corrected chi connectivity index (χ2v) is 12.3. The lowest BCUT2D eigenvalue weighted by Crippen LogP contribution is -2.53. The Bertz CT molecular complexity index is 1290. The maximum Gasteiger partial charge on any atom is 0.310 e. The van der Waals surface area contributed by atoms with E-state index < -0.39 is 45.1 Å². The number of amides is 2. The van der Waals surface area contributed by atoms with Crippen molar-refractivity contribution < 1.29 is 33.8 Å². The Morgan fingerprint density at radius 2 is 1.88 bits per heavy atom. The molecule has 2 amide bonds. The van der Waals surface area contributed by atoms with Gasteiger partial charge in [0, 0.05) is 56.3 Å². The molecule has 0 bridgehead atoms. The Morgan fingerprint density at radius 1 is 1.18 bits per heavy atom. The van der Waals surface area contributed by atoms with Crippen LogP contribution in [0.15, 0.2) is 53.7 Å². The predicted octanol–water partition coefficient (Wildman–Crippen LogP) is 4.33. The molecule has 0 spiro atoms. The van der Waals surface area contributed by atoms with E-state index in [2.05, 4.69) is 4.98 Å². The van der Waals surface area contributed by atoms with Gasteiger partial charge in [0.1, 0.15) is 17.0 Å². The second-order valence-electron chi connectivity index (χ2n) is 9.91. The minimum Gasteiger partial charge on any atom is -0.379 e. The molecule has 4 atom stereocenters. The Balaban J connectivity index is 1.86. The van der Waals surface area contributed by atoms with Crippen LogP contribution in [0, 0.1) is 11.5 Å². The van der Waals surface area contributed by atoms with Crippen LogP contribution in [0.5, 0.6) is 0 Å². The molecule has 40 heavy (non-hydrogen) atoms. The number of methoxy groups -OCH3 is 1. The first-order valence-corrected chi connectivity index (χ1v) is 14.4. The van der Waals surface area contributed by atoms with Crippen molar-refractivity contribution >= 4 is 27.7 Å². The Hall–Kier alpha value is -3.48. The fourth-order valence-electron chi connectivity index (χ4n) is 5.06. The molecule has 2 N–H and O–H groups in total. The largest absolute Gasteiger partial charge is 0.379 e. The van der Waals surface area contributed by atoms with Gasteiger partial charge in [0.25, 0.3) is 11.8 Å². The highest BCUT2D eigenvalue weighted by atomic mass is 32.5. The number of carbonyl (C=O) groups excluding carboxylic acids is 2. The average molecular weight is 589 g/mol. The van der Waals surface area contributed by atoms with E-state index in [0.29, 0.717) is 19.4 Å². The molecule has 4 rings (SSSR count). The Kier molecular flexibility index (Phi) is 7.50. The van der Waals surface area contributed by atoms with E-state index in [1.165, 1.54) is 36.5 Å². The molecule has 218 valence electrons. The Labute approximate surface area is 228 Å². The first-order chi connectivity index (χ1) is 18.6. The lowest BCUT2D eigenvalue weighted by Gasteiger charge is -2.41. The first-order valence-electron chi connectivity index (χ1n) is 12.4. The maximum absolute atomic E-state index is 14.1. The number of hydrogen-bond donors (Lipinski definition) is 1. The summed E-state index contributed by atoms with van der Waals surface area (Å²) in [5.74, 6) is -1.36. The van der Waals surface area contributed by atoms with Crippen LogP contribution in [0.4, 0.5) is 25.1 Å². The molecule has 2 fully saturated rings. The summed E-state index contributed by atoms with van der Waals surface area (Å²) in [6, 6.07) is 2.00. The number of piperidine rings is 1. The van der Waals surface area contributed by atoms with Crippen LogP contribution >= 0.6 is 10.2 Å². The molecule has 2 aliphatic heterocycles. The summed E-state index contributed by atoms with van der Waals surface area (Å²) < 4.78 is 72.7. The van der Waals surface area contributed by atoms with Crippen LogP contribution < -0.4 is 10.6 Å². The summed E-state index contributed by atoms with van der Waals surface area (Å²) in [4.78, 5) is 33.7. The molecule has 4 unspecified atom stereocenters. The van der Waals surface area contributed by atoms with Gasteiger partial charge in [-0.15, -0.1) is 0 Å². The molecule has 1 aromatic carbocycles. The SMILES string of the molecule is COC1CC(C(=O)N(c2ccc(S(F)(F)(F)(F)F)cc2)C(C(=O)N2CCCC(N)C2)c2cccnc2)N(C#N)C1. The van der Waals surface area contributed by atoms with Gasteiger partial charge in [-0.1, -0.05) is 25.5 Å². The molecule has 9 nitrogen and oxygen atoms in total. The molecule has 0 saturated carbocycles. The third kappa shape index (κ3) is 6.29. The standard InChI is InChI=1S/C25H29F5N6O3S/c1-39-20-12-22(35(15-20)16-31)24(37)36(19-6-8-21(9-7-19)40(26,27,28,29)30)23(17-4-2-10-33-13-17)25(38)34-11-3-5-18(32)14-34/h2,4,6-10,13,18,20,22-23H,3,5,11-12,14-15,32H2,1H3. The van der Waals surface area contributed by atoms with Gasteiger partial charge in [0.15, 0.2) is 6.19 Å². The molecule has 2 aliphatic rings. The highest BCUT2D eigenvalue weighted by molar-refractivity contribution is 8.45. The average Bonchev–Trinajstić information content (AvgIpc) is 3.34. The number of nitrogens with zero attached hydrogens (tertiary/aromatic N) is 5.